The van der Waals surface area contributed by atoms with Crippen LogP contribution in [0.15, 0.2) is 30.3 Å². The van der Waals surface area contributed by atoms with Crippen LogP contribution < -0.4 is 10.5 Å². The standard InChI is InChI=1S/C12H10ClFN2OS/c13-11-4-2-8(18-11)6-17-10-3-1-7(12(15)16)5-9(10)14/h1-5H,6H2,(H3,15,16). The van der Waals surface area contributed by atoms with Crippen LogP contribution in [0.1, 0.15) is 10.4 Å². The second kappa shape index (κ2) is 5.37. The zero-order valence-corrected chi connectivity index (χ0v) is 10.8. The van der Waals surface area contributed by atoms with Crippen molar-refractivity contribution >= 4 is 28.8 Å². The van der Waals surface area contributed by atoms with Crippen LogP contribution in [0.4, 0.5) is 4.39 Å². The van der Waals surface area contributed by atoms with Crippen molar-refractivity contribution in [1.29, 1.82) is 5.41 Å². The monoisotopic (exact) mass is 284 g/mol. The fourth-order valence-corrected chi connectivity index (χ4v) is 2.36. The molecule has 0 aliphatic carbocycles. The van der Waals surface area contributed by atoms with E-state index in [1.807, 2.05) is 6.07 Å². The third-order valence-corrected chi connectivity index (χ3v) is 3.45. The molecular weight excluding hydrogens is 275 g/mol. The fourth-order valence-electron chi connectivity index (χ4n) is 1.36. The van der Waals surface area contributed by atoms with E-state index in [1.165, 1.54) is 23.5 Å². The van der Waals surface area contributed by atoms with Crippen molar-refractivity contribution in [2.24, 2.45) is 5.73 Å². The van der Waals surface area contributed by atoms with Gasteiger partial charge in [-0.15, -0.1) is 11.3 Å². The van der Waals surface area contributed by atoms with Crippen molar-refractivity contribution < 1.29 is 9.13 Å². The van der Waals surface area contributed by atoms with Gasteiger partial charge in [0.1, 0.15) is 12.4 Å². The van der Waals surface area contributed by atoms with Crippen LogP contribution in [-0.4, -0.2) is 5.84 Å². The number of hydrogen-bond donors (Lipinski definition) is 2. The molecule has 0 fully saturated rings. The summed E-state index contributed by atoms with van der Waals surface area (Å²) in [5.41, 5.74) is 5.60. The molecule has 2 rings (SSSR count). The van der Waals surface area contributed by atoms with E-state index in [-0.39, 0.29) is 18.2 Å². The first-order valence-electron chi connectivity index (χ1n) is 5.07. The van der Waals surface area contributed by atoms with Crippen LogP contribution in [0.5, 0.6) is 5.75 Å². The first-order chi connectivity index (χ1) is 8.56. The molecule has 18 heavy (non-hydrogen) atoms. The first-order valence-corrected chi connectivity index (χ1v) is 6.26. The highest BCUT2D eigenvalue weighted by molar-refractivity contribution is 7.16. The molecule has 0 saturated carbocycles. The molecule has 1 aromatic heterocycles. The lowest BCUT2D eigenvalue weighted by Gasteiger charge is -2.07. The second-order valence-corrected chi connectivity index (χ2v) is 5.35. The molecule has 0 atom stereocenters. The summed E-state index contributed by atoms with van der Waals surface area (Å²) >= 11 is 7.17. The van der Waals surface area contributed by atoms with Crippen molar-refractivity contribution in [1.82, 2.24) is 0 Å². The van der Waals surface area contributed by atoms with Crippen molar-refractivity contribution in [2.75, 3.05) is 0 Å². The molecule has 94 valence electrons. The minimum Gasteiger partial charge on any atom is -0.485 e. The summed E-state index contributed by atoms with van der Waals surface area (Å²) in [5.74, 6) is -0.583. The maximum Gasteiger partial charge on any atom is 0.165 e. The topological polar surface area (TPSA) is 59.1 Å². The molecule has 1 aromatic carbocycles. The highest BCUT2D eigenvalue weighted by Crippen LogP contribution is 2.24. The van der Waals surface area contributed by atoms with Crippen LogP contribution in [0, 0.1) is 11.2 Å². The third-order valence-electron chi connectivity index (χ3n) is 2.24. The maximum absolute atomic E-state index is 13.6. The van der Waals surface area contributed by atoms with Gasteiger partial charge in [0.25, 0.3) is 0 Å². The smallest absolute Gasteiger partial charge is 0.165 e. The molecule has 6 heteroatoms. The molecule has 0 aliphatic heterocycles. The first kappa shape index (κ1) is 12.9. The molecule has 1 heterocycles. The van der Waals surface area contributed by atoms with E-state index in [0.29, 0.717) is 9.90 Å². The van der Waals surface area contributed by atoms with Crippen molar-refractivity contribution in [3.63, 3.8) is 0 Å². The molecule has 0 spiro atoms. The number of halogens is 2. The van der Waals surface area contributed by atoms with Crippen LogP contribution in [0.2, 0.25) is 4.34 Å². The lowest BCUT2D eigenvalue weighted by molar-refractivity contribution is 0.293. The zero-order valence-electron chi connectivity index (χ0n) is 9.24. The number of nitrogen functional groups attached to an aromatic ring is 1. The predicted octanol–water partition coefficient (Wildman–Crippen LogP) is 3.40. The number of thiophene rings is 1. The molecule has 0 unspecified atom stereocenters. The number of hydrogen-bond acceptors (Lipinski definition) is 3. The molecule has 0 aliphatic rings. The van der Waals surface area contributed by atoms with Crippen molar-refractivity contribution in [2.45, 2.75) is 6.61 Å². The van der Waals surface area contributed by atoms with E-state index < -0.39 is 5.82 Å². The van der Waals surface area contributed by atoms with Gasteiger partial charge in [-0.1, -0.05) is 11.6 Å². The highest BCUT2D eigenvalue weighted by atomic mass is 35.5. The van der Waals surface area contributed by atoms with Gasteiger partial charge in [0, 0.05) is 10.4 Å². The normalized spacial score (nSPS) is 10.3. The SMILES string of the molecule is N=C(N)c1ccc(OCc2ccc(Cl)s2)c(F)c1. The summed E-state index contributed by atoms with van der Waals surface area (Å²) in [6.07, 6.45) is 0. The number of amidine groups is 1. The van der Waals surface area contributed by atoms with Crippen LogP contribution in [0.25, 0.3) is 0 Å². The number of nitrogens with one attached hydrogen (secondary N) is 1. The van der Waals surface area contributed by atoms with Gasteiger partial charge in [-0.25, -0.2) is 4.39 Å². The van der Waals surface area contributed by atoms with E-state index in [0.717, 1.165) is 4.88 Å². The minimum atomic E-state index is -0.537. The summed E-state index contributed by atoms with van der Waals surface area (Å²) in [6, 6.07) is 7.78. The summed E-state index contributed by atoms with van der Waals surface area (Å²) in [7, 11) is 0. The maximum atomic E-state index is 13.6. The van der Waals surface area contributed by atoms with Gasteiger partial charge in [0.15, 0.2) is 11.6 Å². The van der Waals surface area contributed by atoms with E-state index in [9.17, 15) is 4.39 Å². The Morgan fingerprint density at radius 2 is 2.17 bits per heavy atom. The van der Waals surface area contributed by atoms with Crippen LogP contribution >= 0.6 is 22.9 Å². The largest absolute Gasteiger partial charge is 0.485 e. The van der Waals surface area contributed by atoms with Gasteiger partial charge in [-0.3, -0.25) is 5.41 Å². The van der Waals surface area contributed by atoms with Crippen molar-refractivity contribution in [3.05, 3.63) is 50.9 Å². The lowest BCUT2D eigenvalue weighted by Crippen LogP contribution is -2.11. The molecule has 0 saturated heterocycles. The Balaban J connectivity index is 2.08. The predicted molar refractivity (Wildman–Crippen MR) is 71.1 cm³/mol. The molecule has 2 aromatic rings. The van der Waals surface area contributed by atoms with E-state index in [4.69, 9.17) is 27.5 Å². The molecule has 0 bridgehead atoms. The van der Waals surface area contributed by atoms with E-state index in [1.54, 1.807) is 12.1 Å². The van der Waals surface area contributed by atoms with Crippen molar-refractivity contribution in [3.8, 4) is 5.75 Å². The molecule has 0 radical (unpaired) electrons. The van der Waals surface area contributed by atoms with Gasteiger partial charge in [0.2, 0.25) is 0 Å². The summed E-state index contributed by atoms with van der Waals surface area (Å²) in [5, 5.41) is 7.20. The Morgan fingerprint density at radius 3 is 2.72 bits per heavy atom. The van der Waals surface area contributed by atoms with Crippen LogP contribution in [-0.2, 0) is 6.61 Å². The number of ether oxygens (including phenoxy) is 1. The Labute approximate surface area is 112 Å². The second-order valence-electron chi connectivity index (χ2n) is 3.55. The van der Waals surface area contributed by atoms with Gasteiger partial charge in [-0.05, 0) is 30.3 Å². The van der Waals surface area contributed by atoms with Gasteiger partial charge in [-0.2, -0.15) is 0 Å². The highest BCUT2D eigenvalue weighted by Gasteiger charge is 2.07. The summed E-state index contributed by atoms with van der Waals surface area (Å²) < 4.78 is 19.6. The lowest BCUT2D eigenvalue weighted by atomic mass is 10.2. The Kier molecular flexibility index (Phi) is 3.84. The van der Waals surface area contributed by atoms with Gasteiger partial charge >= 0.3 is 0 Å². The number of nitrogens with two attached hydrogens (primary N) is 1. The average molecular weight is 285 g/mol. The fraction of sp³-hybridized carbons (Fsp3) is 0.0833. The Morgan fingerprint density at radius 1 is 1.39 bits per heavy atom. The molecule has 3 nitrogen and oxygen atoms in total. The zero-order chi connectivity index (χ0) is 13.1. The summed E-state index contributed by atoms with van der Waals surface area (Å²) in [6.45, 7) is 0.258. The van der Waals surface area contributed by atoms with Gasteiger partial charge < -0.3 is 10.5 Å². The average Bonchev–Trinajstić information content (AvgIpc) is 2.73. The summed E-state index contributed by atoms with van der Waals surface area (Å²) in [4.78, 5) is 0.912. The molecule has 0 amide bonds. The quantitative estimate of drug-likeness (QED) is 0.668. The van der Waals surface area contributed by atoms with Crippen LogP contribution in [0.3, 0.4) is 0 Å². The number of benzene rings is 1. The Hall–Kier alpha value is -1.59. The van der Waals surface area contributed by atoms with E-state index in [2.05, 4.69) is 0 Å². The molecule has 3 N–H and O–H groups in total. The third kappa shape index (κ3) is 3.00. The minimum absolute atomic E-state index is 0.129. The van der Waals surface area contributed by atoms with E-state index >= 15 is 0 Å². The van der Waals surface area contributed by atoms with Gasteiger partial charge in [0.05, 0.1) is 4.34 Å². The molecular formula is C12H10ClFN2OS. The Bertz CT molecular complexity index is 585. The number of rotatable bonds is 4.